The Labute approximate surface area is 152 Å². The van der Waals surface area contributed by atoms with Gasteiger partial charge in [0.2, 0.25) is 0 Å². The van der Waals surface area contributed by atoms with Gasteiger partial charge in [0.05, 0.1) is 18.1 Å². The lowest BCUT2D eigenvalue weighted by Crippen LogP contribution is -2.35. The molecule has 2 aliphatic rings. The summed E-state index contributed by atoms with van der Waals surface area (Å²) < 4.78 is 4.84. The number of hydrogen-bond donors (Lipinski definition) is 0. The Morgan fingerprint density at radius 1 is 1.25 bits per heavy atom. The van der Waals surface area contributed by atoms with Crippen molar-refractivity contribution >= 4 is 40.0 Å². The Balaban J connectivity index is 1.80. The first-order chi connectivity index (χ1) is 11.7. The third kappa shape index (κ3) is 2.56. The molecule has 0 unspecified atom stereocenters. The average Bonchev–Trinajstić information content (AvgIpc) is 3.26. The highest BCUT2D eigenvalue weighted by Gasteiger charge is 2.32. The van der Waals surface area contributed by atoms with Crippen LogP contribution >= 0.6 is 23.4 Å². The topological polar surface area (TPSA) is 12.1 Å². The van der Waals surface area contributed by atoms with Crippen LogP contribution in [0.15, 0.2) is 35.4 Å². The molecular weight excluding hydrogens is 338 g/mol. The van der Waals surface area contributed by atoms with Crippen LogP contribution in [-0.2, 0) is 13.1 Å². The number of nitrogens with zero attached hydrogens (tertiary/aromatic N) is 3. The van der Waals surface area contributed by atoms with E-state index in [1.165, 1.54) is 39.8 Å². The quantitative estimate of drug-likeness (QED) is 0.756. The van der Waals surface area contributed by atoms with Crippen LogP contribution in [0, 0.1) is 0 Å². The van der Waals surface area contributed by atoms with E-state index < -0.39 is 0 Å². The van der Waals surface area contributed by atoms with Crippen LogP contribution in [0.2, 0.25) is 5.02 Å². The van der Waals surface area contributed by atoms with Crippen molar-refractivity contribution in [2.24, 2.45) is 0 Å². The Hall–Kier alpha value is -1.39. The maximum Gasteiger partial charge on any atom is 0.285 e. The molecule has 0 N–H and O–H groups in total. The molecule has 0 aliphatic carbocycles. The van der Waals surface area contributed by atoms with Gasteiger partial charge in [0.15, 0.2) is 11.0 Å². The van der Waals surface area contributed by atoms with Gasteiger partial charge in [-0.15, -0.1) is 11.8 Å². The zero-order chi connectivity index (χ0) is 16.7. The lowest BCUT2D eigenvalue weighted by atomic mass is 10.2. The molecule has 2 aromatic rings. The molecule has 0 atom stereocenters. The molecule has 0 amide bonds. The molecule has 3 heterocycles. The van der Waals surface area contributed by atoms with E-state index in [4.69, 9.17) is 11.6 Å². The van der Waals surface area contributed by atoms with Crippen LogP contribution in [0.1, 0.15) is 26.1 Å². The van der Waals surface area contributed by atoms with E-state index in [0.29, 0.717) is 0 Å². The van der Waals surface area contributed by atoms with Crippen molar-refractivity contribution in [1.29, 1.82) is 0 Å². The number of halogens is 1. The molecular formula is C19H23ClN3S+. The summed E-state index contributed by atoms with van der Waals surface area (Å²) in [6.45, 7) is 8.72. The molecule has 2 aliphatic heterocycles. The van der Waals surface area contributed by atoms with Crippen molar-refractivity contribution in [3.8, 4) is 0 Å². The van der Waals surface area contributed by atoms with Crippen LogP contribution in [-0.4, -0.2) is 28.3 Å². The zero-order valence-corrected chi connectivity index (χ0v) is 15.8. The van der Waals surface area contributed by atoms with Gasteiger partial charge < -0.3 is 4.90 Å². The minimum absolute atomic E-state index is 0.808. The molecule has 1 fully saturated rings. The molecule has 1 aromatic carbocycles. The van der Waals surface area contributed by atoms with Crippen molar-refractivity contribution in [1.82, 2.24) is 9.47 Å². The third-order valence-corrected chi connectivity index (χ3v) is 6.28. The van der Waals surface area contributed by atoms with Crippen molar-refractivity contribution in [3.05, 3.63) is 46.2 Å². The molecule has 0 bridgehead atoms. The van der Waals surface area contributed by atoms with E-state index in [-0.39, 0.29) is 0 Å². The summed E-state index contributed by atoms with van der Waals surface area (Å²) >= 11 is 8.20. The highest BCUT2D eigenvalue weighted by molar-refractivity contribution is 8.03. The molecule has 126 valence electrons. The highest BCUT2D eigenvalue weighted by atomic mass is 35.5. The highest BCUT2D eigenvalue weighted by Crippen LogP contribution is 2.32. The molecule has 0 saturated carbocycles. The summed E-state index contributed by atoms with van der Waals surface area (Å²) in [6, 6.07) is 6.24. The second-order valence-corrected chi connectivity index (χ2v) is 7.78. The zero-order valence-electron chi connectivity index (χ0n) is 14.3. The fraction of sp³-hybridized carbons (Fsp3) is 0.421. The minimum atomic E-state index is 0.808. The first kappa shape index (κ1) is 16.1. The van der Waals surface area contributed by atoms with E-state index in [1.54, 1.807) is 0 Å². The number of fused-ring (bicyclic) bond motifs is 3. The molecule has 24 heavy (non-hydrogen) atoms. The Kier molecular flexibility index (Phi) is 4.35. The number of allylic oxidation sites excluding steroid dienone is 3. The van der Waals surface area contributed by atoms with Gasteiger partial charge in [0.1, 0.15) is 0 Å². The fourth-order valence-electron chi connectivity index (χ4n) is 3.81. The summed E-state index contributed by atoms with van der Waals surface area (Å²) in [5.74, 6) is 2.55. The molecule has 4 rings (SSSR count). The smallest absolute Gasteiger partial charge is 0.285 e. The summed E-state index contributed by atoms with van der Waals surface area (Å²) in [6.07, 6.45) is 5.76. The van der Waals surface area contributed by atoms with Crippen molar-refractivity contribution in [2.45, 2.75) is 33.4 Å². The molecule has 5 heteroatoms. The van der Waals surface area contributed by atoms with Crippen molar-refractivity contribution in [3.63, 3.8) is 0 Å². The normalized spacial score (nSPS) is 20.7. The lowest BCUT2D eigenvalue weighted by Gasteiger charge is -2.15. The van der Waals surface area contributed by atoms with Gasteiger partial charge in [0, 0.05) is 41.9 Å². The number of imidazole rings is 1. The van der Waals surface area contributed by atoms with Crippen molar-refractivity contribution in [2.75, 3.05) is 18.8 Å². The summed E-state index contributed by atoms with van der Waals surface area (Å²) in [4.78, 5) is 2.46. The second-order valence-electron chi connectivity index (χ2n) is 6.23. The Morgan fingerprint density at radius 2 is 2.12 bits per heavy atom. The number of aryl methyl sites for hydroxylation is 2. The summed E-state index contributed by atoms with van der Waals surface area (Å²) in [5, 5.41) is 2.22. The van der Waals surface area contributed by atoms with E-state index in [1.807, 2.05) is 17.8 Å². The van der Waals surface area contributed by atoms with Gasteiger partial charge in [0.25, 0.3) is 5.82 Å². The number of hydrogen-bond acceptors (Lipinski definition) is 2. The minimum Gasteiger partial charge on any atom is -0.366 e. The van der Waals surface area contributed by atoms with Crippen LogP contribution in [0.5, 0.6) is 0 Å². The van der Waals surface area contributed by atoms with Crippen LogP contribution < -0.4 is 4.57 Å². The first-order valence-electron chi connectivity index (χ1n) is 8.73. The van der Waals surface area contributed by atoms with Gasteiger partial charge in [-0.05, 0) is 38.1 Å². The summed E-state index contributed by atoms with van der Waals surface area (Å²) in [5.41, 5.74) is 3.96. The largest absolute Gasteiger partial charge is 0.366 e. The maximum atomic E-state index is 6.23. The second kappa shape index (κ2) is 6.49. The van der Waals surface area contributed by atoms with E-state index in [2.05, 4.69) is 52.2 Å². The standard InChI is InChI=1S/C19H23ClN3S/c1-3-21-11-12-24-18(21)8-5-14-9-10-23-16-7-6-15(20)13-17(16)22(4-2)19(14)23/h5-8,13H,3-4,9-12H2,1-2H3/q+1. The molecule has 0 spiro atoms. The number of thioether (sulfide) groups is 1. The molecule has 1 saturated heterocycles. The van der Waals surface area contributed by atoms with E-state index in [0.717, 1.165) is 31.1 Å². The lowest BCUT2D eigenvalue weighted by molar-refractivity contribution is -0.670. The van der Waals surface area contributed by atoms with Crippen LogP contribution in [0.4, 0.5) is 0 Å². The number of aromatic nitrogens is 2. The van der Waals surface area contributed by atoms with E-state index >= 15 is 0 Å². The monoisotopic (exact) mass is 360 g/mol. The molecule has 0 radical (unpaired) electrons. The number of rotatable bonds is 3. The van der Waals surface area contributed by atoms with Gasteiger partial charge in [-0.25, -0.2) is 9.13 Å². The van der Waals surface area contributed by atoms with Crippen molar-refractivity contribution < 1.29 is 4.57 Å². The summed E-state index contributed by atoms with van der Waals surface area (Å²) in [7, 11) is 0. The van der Waals surface area contributed by atoms with Gasteiger partial charge in [-0.1, -0.05) is 11.6 Å². The third-order valence-electron chi connectivity index (χ3n) is 4.97. The van der Waals surface area contributed by atoms with E-state index in [9.17, 15) is 0 Å². The van der Waals surface area contributed by atoms with Crippen LogP contribution in [0.3, 0.4) is 0 Å². The molecule has 1 aromatic heterocycles. The van der Waals surface area contributed by atoms with Gasteiger partial charge in [-0.3, -0.25) is 0 Å². The fourth-order valence-corrected chi connectivity index (χ4v) is 5.07. The predicted octanol–water partition coefficient (Wildman–Crippen LogP) is 4.30. The Bertz CT molecular complexity index is 850. The Morgan fingerprint density at radius 3 is 2.92 bits per heavy atom. The first-order valence-corrected chi connectivity index (χ1v) is 10.1. The van der Waals surface area contributed by atoms with Gasteiger partial charge >= 0.3 is 0 Å². The SMILES string of the molecule is CCN1CCSC1=CC=C1CCn2c1[n+](CC)c1cc(Cl)ccc12. The predicted molar refractivity (Wildman–Crippen MR) is 103 cm³/mol. The number of benzene rings is 1. The van der Waals surface area contributed by atoms with Gasteiger partial charge in [-0.2, -0.15) is 0 Å². The maximum absolute atomic E-state index is 6.23. The average molecular weight is 361 g/mol. The van der Waals surface area contributed by atoms with Crippen LogP contribution in [0.25, 0.3) is 16.6 Å². The molecule has 3 nitrogen and oxygen atoms in total.